The zero-order chi connectivity index (χ0) is 19.1. The van der Waals surface area contributed by atoms with Gasteiger partial charge >= 0.3 is 0 Å². The fourth-order valence-corrected chi connectivity index (χ4v) is 3.89. The average Bonchev–Trinajstić information content (AvgIpc) is 3.20. The minimum Gasteiger partial charge on any atom is -0.497 e. The molecule has 1 atom stereocenters. The summed E-state index contributed by atoms with van der Waals surface area (Å²) in [6.07, 6.45) is 3.80. The molecule has 6 heteroatoms. The number of β-amino-alcohol motifs (C(OH)–C–C–N with tert-alkyl or cyclic N) is 1. The Labute approximate surface area is 162 Å². The number of hydrogen-bond acceptors (Lipinski definition) is 6. The molecule has 0 aromatic heterocycles. The van der Waals surface area contributed by atoms with Gasteiger partial charge in [0.1, 0.15) is 24.2 Å². The van der Waals surface area contributed by atoms with Crippen molar-refractivity contribution in [2.24, 2.45) is 5.92 Å². The third-order valence-electron chi connectivity index (χ3n) is 5.54. The lowest BCUT2D eigenvalue weighted by Crippen LogP contribution is -2.34. The summed E-state index contributed by atoms with van der Waals surface area (Å²) in [5, 5.41) is 19.4. The highest BCUT2D eigenvalue weighted by Crippen LogP contribution is 2.28. The van der Waals surface area contributed by atoms with Crippen LogP contribution < -0.4 is 9.47 Å². The Morgan fingerprint density at radius 2 is 1.93 bits per heavy atom. The molecule has 0 radical (unpaired) electrons. The highest BCUT2D eigenvalue weighted by atomic mass is 16.5. The van der Waals surface area contributed by atoms with E-state index >= 15 is 0 Å². The van der Waals surface area contributed by atoms with E-state index in [1.807, 2.05) is 18.2 Å². The number of nitriles is 1. The van der Waals surface area contributed by atoms with Crippen molar-refractivity contribution in [1.82, 2.24) is 9.80 Å². The fraction of sp³-hybridized carbons (Fsp3) is 0.667. The smallest absolute Gasteiger partial charge is 0.127 e. The van der Waals surface area contributed by atoms with E-state index in [9.17, 15) is 5.11 Å². The van der Waals surface area contributed by atoms with E-state index in [0.717, 1.165) is 62.6 Å². The van der Waals surface area contributed by atoms with Crippen LogP contribution in [0.2, 0.25) is 0 Å². The number of nitrogens with zero attached hydrogens (tertiary/aromatic N) is 3. The first-order chi connectivity index (χ1) is 13.2. The summed E-state index contributed by atoms with van der Waals surface area (Å²) in [6.45, 7) is 5.75. The van der Waals surface area contributed by atoms with Gasteiger partial charge < -0.3 is 19.5 Å². The molecule has 0 spiro atoms. The molecule has 2 saturated heterocycles. The first-order valence-corrected chi connectivity index (χ1v) is 10.00. The van der Waals surface area contributed by atoms with Crippen LogP contribution in [0.15, 0.2) is 18.2 Å². The van der Waals surface area contributed by atoms with E-state index in [-0.39, 0.29) is 12.5 Å². The molecule has 0 saturated carbocycles. The molecule has 1 N–H and O–H groups in total. The number of rotatable bonds is 8. The Hall–Kier alpha value is -1.81. The Kier molecular flexibility index (Phi) is 7.33. The summed E-state index contributed by atoms with van der Waals surface area (Å²) < 4.78 is 11.3. The Morgan fingerprint density at radius 3 is 2.59 bits per heavy atom. The summed E-state index contributed by atoms with van der Waals surface area (Å²) in [4.78, 5) is 4.66. The van der Waals surface area contributed by atoms with Gasteiger partial charge in [-0.3, -0.25) is 4.90 Å². The predicted octanol–water partition coefficient (Wildman–Crippen LogP) is 2.27. The second-order valence-electron chi connectivity index (χ2n) is 7.63. The zero-order valence-electron chi connectivity index (χ0n) is 16.3. The fourth-order valence-electron chi connectivity index (χ4n) is 3.89. The van der Waals surface area contributed by atoms with E-state index in [0.29, 0.717) is 6.54 Å². The Balaban J connectivity index is 1.58. The molecule has 0 bridgehead atoms. The number of methoxy groups -OCH3 is 1. The van der Waals surface area contributed by atoms with Gasteiger partial charge in [-0.2, -0.15) is 5.26 Å². The first kappa shape index (κ1) is 19.9. The number of ether oxygens (including phenoxy) is 2. The lowest BCUT2D eigenvalue weighted by Gasteiger charge is -2.29. The molecule has 3 rings (SSSR count). The van der Waals surface area contributed by atoms with Crippen molar-refractivity contribution in [3.8, 4) is 17.6 Å². The molecule has 1 aromatic rings. The second kappa shape index (κ2) is 9.93. The number of likely N-dealkylation sites (tertiary alicyclic amines) is 2. The van der Waals surface area contributed by atoms with Crippen LogP contribution in [0.3, 0.4) is 0 Å². The van der Waals surface area contributed by atoms with Crippen LogP contribution in [-0.2, 0) is 6.54 Å². The van der Waals surface area contributed by atoms with E-state index in [4.69, 9.17) is 14.7 Å². The van der Waals surface area contributed by atoms with Crippen LogP contribution in [-0.4, -0.2) is 67.5 Å². The summed E-state index contributed by atoms with van der Waals surface area (Å²) in [5.74, 6) is 1.72. The van der Waals surface area contributed by atoms with Crippen molar-refractivity contribution in [3.05, 3.63) is 23.8 Å². The predicted molar refractivity (Wildman–Crippen MR) is 104 cm³/mol. The molecule has 6 nitrogen and oxygen atoms in total. The van der Waals surface area contributed by atoms with E-state index in [2.05, 4.69) is 15.9 Å². The Morgan fingerprint density at radius 1 is 1.19 bits per heavy atom. The number of aliphatic hydroxyl groups is 1. The van der Waals surface area contributed by atoms with Gasteiger partial charge in [-0.25, -0.2) is 0 Å². The maximum atomic E-state index is 10.3. The maximum absolute atomic E-state index is 10.3. The highest BCUT2D eigenvalue weighted by molar-refractivity contribution is 5.40. The largest absolute Gasteiger partial charge is 0.497 e. The average molecular weight is 373 g/mol. The molecule has 2 aliphatic rings. The zero-order valence-corrected chi connectivity index (χ0v) is 16.3. The number of benzene rings is 1. The van der Waals surface area contributed by atoms with Crippen LogP contribution in [0.4, 0.5) is 0 Å². The SMILES string of the molecule is COc1ccc(CN2CCC(C#N)CC2)c(OC[C@H](O)CN2CCCC2)c1. The molecule has 0 aliphatic carbocycles. The summed E-state index contributed by atoms with van der Waals surface area (Å²) in [6, 6.07) is 8.27. The van der Waals surface area contributed by atoms with Crippen LogP contribution >= 0.6 is 0 Å². The number of piperidine rings is 1. The third-order valence-corrected chi connectivity index (χ3v) is 5.54. The third kappa shape index (κ3) is 5.83. The lowest BCUT2D eigenvalue weighted by atomic mass is 9.98. The van der Waals surface area contributed by atoms with Crippen molar-refractivity contribution >= 4 is 0 Å². The summed E-state index contributed by atoms with van der Waals surface area (Å²) in [7, 11) is 1.65. The Bertz CT molecular complexity index is 632. The van der Waals surface area contributed by atoms with Gasteiger partial charge in [0, 0.05) is 30.6 Å². The molecule has 1 aromatic carbocycles. The van der Waals surface area contributed by atoms with Gasteiger partial charge in [0.15, 0.2) is 0 Å². The van der Waals surface area contributed by atoms with Crippen molar-refractivity contribution in [3.63, 3.8) is 0 Å². The molecule has 148 valence electrons. The topological polar surface area (TPSA) is 69.0 Å². The van der Waals surface area contributed by atoms with Crippen molar-refractivity contribution in [2.75, 3.05) is 46.4 Å². The molecule has 2 heterocycles. The summed E-state index contributed by atoms with van der Waals surface area (Å²) in [5.41, 5.74) is 1.10. The van der Waals surface area contributed by atoms with Gasteiger partial charge in [-0.05, 0) is 57.9 Å². The molecule has 0 unspecified atom stereocenters. The molecular weight excluding hydrogens is 342 g/mol. The first-order valence-electron chi connectivity index (χ1n) is 10.00. The minimum atomic E-state index is -0.492. The van der Waals surface area contributed by atoms with Crippen LogP contribution in [0.5, 0.6) is 11.5 Å². The van der Waals surface area contributed by atoms with Crippen LogP contribution in [0, 0.1) is 17.2 Å². The normalized spacial score (nSPS) is 20.3. The van der Waals surface area contributed by atoms with E-state index in [1.165, 1.54) is 12.8 Å². The van der Waals surface area contributed by atoms with Crippen LogP contribution in [0.25, 0.3) is 0 Å². The van der Waals surface area contributed by atoms with Gasteiger partial charge in [0.2, 0.25) is 0 Å². The van der Waals surface area contributed by atoms with E-state index < -0.39 is 6.10 Å². The number of aliphatic hydroxyl groups excluding tert-OH is 1. The van der Waals surface area contributed by atoms with Gasteiger partial charge in [0.25, 0.3) is 0 Å². The second-order valence-corrected chi connectivity index (χ2v) is 7.63. The molecule has 0 amide bonds. The van der Waals surface area contributed by atoms with E-state index in [1.54, 1.807) is 7.11 Å². The molecule has 2 fully saturated rings. The van der Waals surface area contributed by atoms with Crippen molar-refractivity contribution < 1.29 is 14.6 Å². The summed E-state index contributed by atoms with van der Waals surface area (Å²) >= 11 is 0. The highest BCUT2D eigenvalue weighted by Gasteiger charge is 2.21. The monoisotopic (exact) mass is 373 g/mol. The lowest BCUT2D eigenvalue weighted by molar-refractivity contribution is 0.0748. The molecular formula is C21H31N3O3. The molecule has 2 aliphatic heterocycles. The van der Waals surface area contributed by atoms with Crippen molar-refractivity contribution in [2.45, 2.75) is 38.3 Å². The van der Waals surface area contributed by atoms with Gasteiger partial charge in [0.05, 0.1) is 13.2 Å². The minimum absolute atomic E-state index is 0.188. The van der Waals surface area contributed by atoms with Crippen LogP contribution in [0.1, 0.15) is 31.2 Å². The van der Waals surface area contributed by atoms with Gasteiger partial charge in [-0.15, -0.1) is 0 Å². The maximum Gasteiger partial charge on any atom is 0.127 e. The number of hydrogen-bond donors (Lipinski definition) is 1. The van der Waals surface area contributed by atoms with Crippen molar-refractivity contribution in [1.29, 1.82) is 5.26 Å². The quantitative estimate of drug-likeness (QED) is 0.754. The molecule has 27 heavy (non-hydrogen) atoms. The van der Waals surface area contributed by atoms with Gasteiger partial charge in [-0.1, -0.05) is 6.07 Å². The standard InChI is InChI=1S/C21H31N3O3/c1-26-20-5-4-18(14-24-10-6-17(13-22)7-11-24)21(12-20)27-16-19(25)15-23-8-2-3-9-23/h4-5,12,17,19,25H,2-3,6-11,14-16H2,1H3/t19-/m1/s1.